The van der Waals surface area contributed by atoms with Gasteiger partial charge in [0.2, 0.25) is 0 Å². The van der Waals surface area contributed by atoms with Crippen molar-refractivity contribution in [3.63, 3.8) is 0 Å². The molecule has 2 nitrogen and oxygen atoms in total. The zero-order valence-corrected chi connectivity index (χ0v) is 15.2. The van der Waals surface area contributed by atoms with Crippen LogP contribution in [0.3, 0.4) is 0 Å². The van der Waals surface area contributed by atoms with Crippen LogP contribution in [0.15, 0.2) is 0 Å². The van der Waals surface area contributed by atoms with E-state index in [-0.39, 0.29) is 6.15 Å². The van der Waals surface area contributed by atoms with Gasteiger partial charge < -0.3 is 11.5 Å². The van der Waals surface area contributed by atoms with Crippen molar-refractivity contribution in [2.75, 3.05) is 13.6 Å². The van der Waals surface area contributed by atoms with Crippen molar-refractivity contribution in [1.29, 1.82) is 0 Å². The lowest BCUT2D eigenvalue weighted by atomic mass is 10.0. The SMILES string of the molecule is CCCCCCCCCCCCCCCCCCNC.N. The summed E-state index contributed by atoms with van der Waals surface area (Å²) in [7, 11) is 2.05. The highest BCUT2D eigenvalue weighted by Crippen LogP contribution is 2.13. The number of unbranched alkanes of at least 4 members (excludes halogenated alkanes) is 15. The highest BCUT2D eigenvalue weighted by Gasteiger charge is 1.94. The van der Waals surface area contributed by atoms with E-state index in [1.165, 1.54) is 109 Å². The lowest BCUT2D eigenvalue weighted by Crippen LogP contribution is -2.06. The summed E-state index contributed by atoms with van der Waals surface area (Å²) in [5.74, 6) is 0. The molecule has 0 aromatic heterocycles. The molecule has 0 aliphatic rings. The van der Waals surface area contributed by atoms with Crippen LogP contribution in [-0.4, -0.2) is 13.6 Å². The van der Waals surface area contributed by atoms with E-state index in [2.05, 4.69) is 12.2 Å². The predicted octanol–water partition coefficient (Wildman–Crippen LogP) is 6.63. The van der Waals surface area contributed by atoms with E-state index in [4.69, 9.17) is 0 Å². The summed E-state index contributed by atoms with van der Waals surface area (Å²) in [5, 5.41) is 3.22. The normalized spacial score (nSPS) is 10.6. The summed E-state index contributed by atoms with van der Waals surface area (Å²) >= 11 is 0. The molecule has 0 aliphatic heterocycles. The van der Waals surface area contributed by atoms with E-state index >= 15 is 0 Å². The van der Waals surface area contributed by atoms with Gasteiger partial charge in [0.1, 0.15) is 0 Å². The molecule has 0 aliphatic carbocycles. The van der Waals surface area contributed by atoms with Crippen molar-refractivity contribution in [2.45, 2.75) is 110 Å². The van der Waals surface area contributed by atoms with Gasteiger partial charge in [-0.2, -0.15) is 0 Å². The third-order valence-electron chi connectivity index (χ3n) is 4.28. The second kappa shape index (κ2) is 22.2. The summed E-state index contributed by atoms with van der Waals surface area (Å²) < 4.78 is 0. The third-order valence-corrected chi connectivity index (χ3v) is 4.28. The summed E-state index contributed by atoms with van der Waals surface area (Å²) in [6.45, 7) is 3.49. The number of hydrogen-bond acceptors (Lipinski definition) is 2. The minimum Gasteiger partial charge on any atom is -0.344 e. The number of nitrogens with one attached hydrogen (secondary N) is 1. The van der Waals surface area contributed by atoms with E-state index in [1.54, 1.807) is 0 Å². The molecule has 0 amide bonds. The van der Waals surface area contributed by atoms with Crippen molar-refractivity contribution in [3.8, 4) is 0 Å². The van der Waals surface area contributed by atoms with Gasteiger partial charge in [-0.15, -0.1) is 0 Å². The van der Waals surface area contributed by atoms with Crippen LogP contribution in [0.25, 0.3) is 0 Å². The molecular weight excluding hydrogens is 256 g/mol. The standard InChI is InChI=1S/C19H41N.H3N/c1-3-4-5-6-7-8-9-10-11-12-13-14-15-16-17-18-19-20-2;/h20H,3-19H2,1-2H3;1H3. The summed E-state index contributed by atoms with van der Waals surface area (Å²) in [6, 6.07) is 0. The van der Waals surface area contributed by atoms with Gasteiger partial charge in [-0.25, -0.2) is 0 Å². The molecule has 0 fully saturated rings. The molecule has 130 valence electrons. The molecule has 0 radical (unpaired) electrons. The summed E-state index contributed by atoms with van der Waals surface area (Å²) in [5.41, 5.74) is 0. The van der Waals surface area contributed by atoms with E-state index in [1.807, 2.05) is 7.05 Å². The first-order chi connectivity index (χ1) is 9.91. The molecule has 4 N–H and O–H groups in total. The molecule has 21 heavy (non-hydrogen) atoms. The minimum absolute atomic E-state index is 0. The average molecular weight is 301 g/mol. The number of hydrogen-bond donors (Lipinski definition) is 2. The Labute approximate surface area is 135 Å². The van der Waals surface area contributed by atoms with Crippen LogP contribution in [-0.2, 0) is 0 Å². The first kappa shape index (κ1) is 23.2. The lowest BCUT2D eigenvalue weighted by molar-refractivity contribution is 0.528. The van der Waals surface area contributed by atoms with Crippen molar-refractivity contribution >= 4 is 0 Å². The van der Waals surface area contributed by atoms with Gasteiger partial charge in [0.15, 0.2) is 0 Å². The lowest BCUT2D eigenvalue weighted by Gasteiger charge is -2.03. The Bertz CT molecular complexity index is 142. The van der Waals surface area contributed by atoms with E-state index in [0.717, 1.165) is 0 Å². The zero-order valence-electron chi connectivity index (χ0n) is 15.2. The topological polar surface area (TPSA) is 47.0 Å². The largest absolute Gasteiger partial charge is 0.344 e. The maximum atomic E-state index is 3.22. The monoisotopic (exact) mass is 300 g/mol. The Morgan fingerprint density at radius 1 is 0.476 bits per heavy atom. The molecular formula is C19H44N2. The van der Waals surface area contributed by atoms with E-state index in [9.17, 15) is 0 Å². The van der Waals surface area contributed by atoms with Crippen molar-refractivity contribution < 1.29 is 0 Å². The molecule has 0 saturated heterocycles. The molecule has 0 aromatic carbocycles. The van der Waals surface area contributed by atoms with Crippen LogP contribution in [0.2, 0.25) is 0 Å². The smallest absolute Gasteiger partial charge is 0.00519 e. The van der Waals surface area contributed by atoms with Crippen molar-refractivity contribution in [2.24, 2.45) is 0 Å². The highest BCUT2D eigenvalue weighted by atomic mass is 14.8. The highest BCUT2D eigenvalue weighted by molar-refractivity contribution is 4.50. The van der Waals surface area contributed by atoms with Gasteiger partial charge in [0.05, 0.1) is 0 Å². The second-order valence-corrected chi connectivity index (χ2v) is 6.41. The Kier molecular flexibility index (Phi) is 24.5. The Balaban J connectivity index is 0. The molecule has 0 atom stereocenters. The van der Waals surface area contributed by atoms with Gasteiger partial charge in [-0.05, 0) is 20.0 Å². The molecule has 0 saturated carbocycles. The van der Waals surface area contributed by atoms with Crippen LogP contribution in [0.1, 0.15) is 110 Å². The van der Waals surface area contributed by atoms with Crippen LogP contribution in [0, 0.1) is 0 Å². The Morgan fingerprint density at radius 3 is 1.05 bits per heavy atom. The van der Waals surface area contributed by atoms with Crippen LogP contribution < -0.4 is 11.5 Å². The van der Waals surface area contributed by atoms with Gasteiger partial charge in [-0.1, -0.05) is 103 Å². The van der Waals surface area contributed by atoms with Crippen molar-refractivity contribution in [1.82, 2.24) is 11.5 Å². The molecule has 2 heteroatoms. The Hall–Kier alpha value is -0.0800. The Morgan fingerprint density at radius 2 is 0.762 bits per heavy atom. The molecule has 0 aromatic rings. The van der Waals surface area contributed by atoms with Gasteiger partial charge in [0, 0.05) is 0 Å². The van der Waals surface area contributed by atoms with Crippen LogP contribution >= 0.6 is 0 Å². The summed E-state index contributed by atoms with van der Waals surface area (Å²) in [6.07, 6.45) is 23.2. The summed E-state index contributed by atoms with van der Waals surface area (Å²) in [4.78, 5) is 0. The molecule has 0 spiro atoms. The molecule has 0 bridgehead atoms. The van der Waals surface area contributed by atoms with Gasteiger partial charge in [-0.3, -0.25) is 0 Å². The van der Waals surface area contributed by atoms with Crippen LogP contribution in [0.4, 0.5) is 0 Å². The van der Waals surface area contributed by atoms with Crippen LogP contribution in [0.5, 0.6) is 0 Å². The predicted molar refractivity (Wildman–Crippen MR) is 98.5 cm³/mol. The van der Waals surface area contributed by atoms with E-state index < -0.39 is 0 Å². The third kappa shape index (κ3) is 22.3. The molecule has 0 rings (SSSR count). The first-order valence-electron chi connectivity index (χ1n) is 9.56. The van der Waals surface area contributed by atoms with E-state index in [0.29, 0.717) is 0 Å². The van der Waals surface area contributed by atoms with Gasteiger partial charge >= 0.3 is 0 Å². The molecule has 0 unspecified atom stereocenters. The van der Waals surface area contributed by atoms with Gasteiger partial charge in [0.25, 0.3) is 0 Å². The fraction of sp³-hybridized carbons (Fsp3) is 1.00. The maximum absolute atomic E-state index is 3.22. The zero-order chi connectivity index (χ0) is 14.7. The quantitative estimate of drug-likeness (QED) is 0.296. The fourth-order valence-electron chi connectivity index (χ4n) is 2.85. The molecule has 0 heterocycles. The van der Waals surface area contributed by atoms with Crippen molar-refractivity contribution in [3.05, 3.63) is 0 Å². The minimum atomic E-state index is 0. The maximum Gasteiger partial charge on any atom is -0.00519 e. The second-order valence-electron chi connectivity index (χ2n) is 6.41. The average Bonchev–Trinajstić information content (AvgIpc) is 2.47. The first-order valence-corrected chi connectivity index (χ1v) is 9.56. The fourth-order valence-corrected chi connectivity index (χ4v) is 2.85. The number of rotatable bonds is 17.